The zero-order valence-corrected chi connectivity index (χ0v) is 16.5. The Morgan fingerprint density at radius 1 is 1.11 bits per heavy atom. The molecule has 0 atom stereocenters. The number of aryl methyl sites for hydroxylation is 1. The quantitative estimate of drug-likeness (QED) is 0.578. The number of benzene rings is 2. The summed E-state index contributed by atoms with van der Waals surface area (Å²) in [4.78, 5) is 2.20. The Morgan fingerprint density at radius 2 is 1.89 bits per heavy atom. The van der Waals surface area contributed by atoms with Gasteiger partial charge in [-0.2, -0.15) is 0 Å². The topological polar surface area (TPSA) is 51.5 Å². The van der Waals surface area contributed by atoms with E-state index in [0.717, 1.165) is 18.5 Å². The largest absolute Gasteiger partial charge is 0.493 e. The molecule has 0 saturated carbocycles. The van der Waals surface area contributed by atoms with Gasteiger partial charge in [-0.05, 0) is 63.3 Å². The van der Waals surface area contributed by atoms with Crippen molar-refractivity contribution in [1.29, 1.82) is 0 Å². The molecule has 0 saturated heterocycles. The fourth-order valence-electron chi connectivity index (χ4n) is 2.87. The van der Waals surface area contributed by atoms with Crippen molar-refractivity contribution in [2.75, 3.05) is 27.2 Å². The summed E-state index contributed by atoms with van der Waals surface area (Å²) in [7, 11) is 0.171. The second-order valence-corrected chi connectivity index (χ2v) is 8.57. The molecule has 0 unspecified atom stereocenters. The average molecular weight is 390 g/mol. The molecule has 2 aromatic carbocycles. The maximum absolute atomic E-state index is 13.4. The molecule has 3 aromatic rings. The fourth-order valence-corrected chi connectivity index (χ4v) is 4.24. The lowest BCUT2D eigenvalue weighted by Crippen LogP contribution is -2.16. The number of hydrogen-bond donors (Lipinski definition) is 0. The summed E-state index contributed by atoms with van der Waals surface area (Å²) in [6.07, 6.45) is 2.29. The van der Waals surface area contributed by atoms with Crippen molar-refractivity contribution >= 4 is 20.9 Å². The Bertz CT molecular complexity index is 1060. The van der Waals surface area contributed by atoms with E-state index in [2.05, 4.69) is 4.90 Å². The Hall–Kier alpha value is -2.38. The van der Waals surface area contributed by atoms with Crippen molar-refractivity contribution in [2.24, 2.45) is 0 Å². The highest BCUT2D eigenvalue weighted by Crippen LogP contribution is 2.27. The van der Waals surface area contributed by atoms with Crippen LogP contribution in [0.4, 0.5) is 4.39 Å². The van der Waals surface area contributed by atoms with Crippen LogP contribution in [0.25, 0.3) is 10.9 Å². The molecule has 3 rings (SSSR count). The second-order valence-electron chi connectivity index (χ2n) is 6.75. The average Bonchev–Trinajstić information content (AvgIpc) is 3.03. The molecule has 0 bridgehead atoms. The van der Waals surface area contributed by atoms with E-state index in [0.29, 0.717) is 23.3 Å². The minimum absolute atomic E-state index is 0.137. The smallest absolute Gasteiger partial charge is 0.268 e. The maximum atomic E-state index is 13.4. The molecule has 0 fully saturated rings. The Kier molecular flexibility index (Phi) is 5.53. The molecule has 0 N–H and O–H groups in total. The maximum Gasteiger partial charge on any atom is 0.268 e. The van der Waals surface area contributed by atoms with E-state index in [-0.39, 0.29) is 4.90 Å². The lowest BCUT2D eigenvalue weighted by atomic mass is 10.2. The first-order chi connectivity index (χ1) is 12.8. The monoisotopic (exact) mass is 390 g/mol. The standard InChI is InChI=1S/C20H23FN2O3S/c1-15-5-7-18(14-20(15)26-12-4-10-22(2)3)27(24,25)23-11-9-16-13-17(21)6-8-19(16)23/h5-9,11,13-14H,4,10,12H2,1-3H3. The van der Waals surface area contributed by atoms with Crippen LogP contribution in [0, 0.1) is 12.7 Å². The van der Waals surface area contributed by atoms with Crippen molar-refractivity contribution in [3.8, 4) is 5.75 Å². The molecule has 0 spiro atoms. The van der Waals surface area contributed by atoms with E-state index in [1.165, 1.54) is 28.4 Å². The van der Waals surface area contributed by atoms with E-state index in [1.807, 2.05) is 21.0 Å². The zero-order chi connectivity index (χ0) is 19.6. The van der Waals surface area contributed by atoms with Gasteiger partial charge in [0.1, 0.15) is 11.6 Å². The summed E-state index contributed by atoms with van der Waals surface area (Å²) >= 11 is 0. The molecule has 1 aromatic heterocycles. The van der Waals surface area contributed by atoms with Crippen LogP contribution in [-0.2, 0) is 10.0 Å². The predicted molar refractivity (Wildman–Crippen MR) is 104 cm³/mol. The lowest BCUT2D eigenvalue weighted by Gasteiger charge is -2.14. The van der Waals surface area contributed by atoms with E-state index in [9.17, 15) is 12.8 Å². The van der Waals surface area contributed by atoms with Gasteiger partial charge in [0.25, 0.3) is 10.0 Å². The number of rotatable bonds is 7. The Balaban J connectivity index is 1.91. The number of hydrogen-bond acceptors (Lipinski definition) is 4. The van der Waals surface area contributed by atoms with Crippen LogP contribution in [0.3, 0.4) is 0 Å². The first kappa shape index (κ1) is 19.4. The summed E-state index contributed by atoms with van der Waals surface area (Å²) < 4.78 is 46.5. The first-order valence-corrected chi connectivity index (χ1v) is 10.1. The summed E-state index contributed by atoms with van der Waals surface area (Å²) in [5.74, 6) is 0.152. The zero-order valence-electron chi connectivity index (χ0n) is 15.6. The highest BCUT2D eigenvalue weighted by molar-refractivity contribution is 7.90. The van der Waals surface area contributed by atoms with Crippen molar-refractivity contribution in [2.45, 2.75) is 18.2 Å². The number of fused-ring (bicyclic) bond motifs is 1. The molecule has 0 amide bonds. The Morgan fingerprint density at radius 3 is 2.63 bits per heavy atom. The molecule has 7 heteroatoms. The van der Waals surface area contributed by atoms with Crippen molar-refractivity contribution < 1.29 is 17.5 Å². The van der Waals surface area contributed by atoms with Crippen LogP contribution in [0.5, 0.6) is 5.75 Å². The van der Waals surface area contributed by atoms with Crippen molar-refractivity contribution in [1.82, 2.24) is 8.87 Å². The van der Waals surface area contributed by atoms with E-state index < -0.39 is 15.8 Å². The van der Waals surface area contributed by atoms with Crippen LogP contribution in [0.15, 0.2) is 53.6 Å². The molecule has 27 heavy (non-hydrogen) atoms. The first-order valence-electron chi connectivity index (χ1n) is 8.69. The number of nitrogens with zero attached hydrogens (tertiary/aromatic N) is 2. The summed E-state index contributed by atoms with van der Waals surface area (Å²) in [6.45, 7) is 3.28. The van der Waals surface area contributed by atoms with E-state index >= 15 is 0 Å². The van der Waals surface area contributed by atoms with Crippen molar-refractivity contribution in [3.05, 3.63) is 60.0 Å². The van der Waals surface area contributed by atoms with Gasteiger partial charge in [0.2, 0.25) is 0 Å². The summed E-state index contributed by atoms with van der Waals surface area (Å²) in [5, 5.41) is 0.533. The minimum Gasteiger partial charge on any atom is -0.493 e. The SMILES string of the molecule is Cc1ccc(S(=O)(=O)n2ccc3cc(F)ccc32)cc1OCCCN(C)C. The van der Waals surface area contributed by atoms with Gasteiger partial charge in [-0.15, -0.1) is 0 Å². The third-order valence-corrected chi connectivity index (χ3v) is 6.03. The van der Waals surface area contributed by atoms with Gasteiger partial charge >= 0.3 is 0 Å². The third-order valence-electron chi connectivity index (χ3n) is 4.34. The van der Waals surface area contributed by atoms with Gasteiger partial charge in [0.05, 0.1) is 17.0 Å². The second kappa shape index (κ2) is 7.70. The summed E-state index contributed by atoms with van der Waals surface area (Å²) in [6, 6.07) is 10.5. The molecule has 0 aliphatic rings. The third kappa shape index (κ3) is 4.14. The van der Waals surface area contributed by atoms with Crippen LogP contribution in [0.1, 0.15) is 12.0 Å². The van der Waals surface area contributed by atoms with Crippen LogP contribution in [-0.4, -0.2) is 44.5 Å². The molecular weight excluding hydrogens is 367 g/mol. The summed E-state index contributed by atoms with van der Waals surface area (Å²) in [5.41, 5.74) is 1.31. The minimum atomic E-state index is -3.81. The molecule has 0 aliphatic heterocycles. The van der Waals surface area contributed by atoms with Crippen molar-refractivity contribution in [3.63, 3.8) is 0 Å². The van der Waals surface area contributed by atoms with Gasteiger partial charge in [0, 0.05) is 24.2 Å². The van der Waals surface area contributed by atoms with E-state index in [1.54, 1.807) is 24.3 Å². The van der Waals surface area contributed by atoms with Gasteiger partial charge < -0.3 is 9.64 Å². The number of aromatic nitrogens is 1. The lowest BCUT2D eigenvalue weighted by molar-refractivity contribution is 0.279. The van der Waals surface area contributed by atoms with Crippen LogP contribution < -0.4 is 4.74 Å². The molecule has 0 radical (unpaired) electrons. The Labute approximate surface area is 159 Å². The van der Waals surface area contributed by atoms with E-state index in [4.69, 9.17) is 4.74 Å². The number of halogens is 1. The number of ether oxygens (including phenoxy) is 1. The molecule has 144 valence electrons. The normalized spacial score (nSPS) is 12.0. The highest BCUT2D eigenvalue weighted by Gasteiger charge is 2.20. The van der Waals surface area contributed by atoms with Gasteiger partial charge in [0.15, 0.2) is 0 Å². The predicted octanol–water partition coefficient (Wildman–Crippen LogP) is 3.66. The molecule has 0 aliphatic carbocycles. The van der Waals surface area contributed by atoms with Crippen LogP contribution in [0.2, 0.25) is 0 Å². The molecule has 1 heterocycles. The fraction of sp³-hybridized carbons (Fsp3) is 0.300. The molecule has 5 nitrogen and oxygen atoms in total. The van der Waals surface area contributed by atoms with Gasteiger partial charge in [-0.25, -0.2) is 16.8 Å². The highest BCUT2D eigenvalue weighted by atomic mass is 32.2. The van der Waals surface area contributed by atoms with Crippen LogP contribution >= 0.6 is 0 Å². The van der Waals surface area contributed by atoms with Gasteiger partial charge in [-0.3, -0.25) is 0 Å². The van der Waals surface area contributed by atoms with Gasteiger partial charge in [-0.1, -0.05) is 6.07 Å². The molecular formula is C20H23FN2O3S.